The van der Waals surface area contributed by atoms with Crippen LogP contribution in [0.2, 0.25) is 0 Å². The van der Waals surface area contributed by atoms with Crippen molar-refractivity contribution in [2.24, 2.45) is 12.8 Å². The van der Waals surface area contributed by atoms with Crippen LogP contribution in [0.3, 0.4) is 0 Å². The normalized spacial score (nSPS) is 12.2. The Morgan fingerprint density at radius 2 is 2.06 bits per heavy atom. The van der Waals surface area contributed by atoms with Gasteiger partial charge in [-0.15, -0.1) is 0 Å². The van der Waals surface area contributed by atoms with Crippen molar-refractivity contribution in [3.05, 3.63) is 30.0 Å². The Hall–Kier alpha value is -1.33. The Balaban J connectivity index is 2.89. The highest BCUT2D eigenvalue weighted by Crippen LogP contribution is 2.25. The maximum atomic E-state index is 11.6. The highest BCUT2D eigenvalue weighted by atomic mass is 32.2. The molecule has 16 heavy (non-hydrogen) atoms. The number of hydrogen-bond donors (Lipinski definition) is 1. The molecule has 1 aromatic heterocycles. The number of rotatable bonds is 2. The monoisotopic (exact) mass is 238 g/mol. The molecular formula is C11H14N2O2S. The van der Waals surface area contributed by atoms with Crippen LogP contribution in [-0.2, 0) is 23.4 Å². The van der Waals surface area contributed by atoms with Crippen LogP contribution < -0.4 is 5.73 Å². The van der Waals surface area contributed by atoms with E-state index in [9.17, 15) is 8.42 Å². The molecule has 0 fully saturated rings. The maximum absolute atomic E-state index is 11.6. The van der Waals surface area contributed by atoms with E-state index >= 15 is 0 Å². The Labute approximate surface area is 94.6 Å². The van der Waals surface area contributed by atoms with Gasteiger partial charge in [0.05, 0.1) is 4.90 Å². The molecule has 2 aromatic rings. The minimum atomic E-state index is -3.20. The quantitative estimate of drug-likeness (QED) is 0.850. The third-order valence-corrected chi connectivity index (χ3v) is 3.91. The molecule has 0 saturated carbocycles. The third kappa shape index (κ3) is 1.62. The number of benzene rings is 1. The van der Waals surface area contributed by atoms with Crippen LogP contribution >= 0.6 is 0 Å². The molecule has 1 heterocycles. The smallest absolute Gasteiger partial charge is 0.176 e. The first kappa shape index (κ1) is 11.2. The molecule has 86 valence electrons. The van der Waals surface area contributed by atoms with Crippen LogP contribution in [0.1, 0.15) is 5.69 Å². The fraction of sp³-hybridized carbons (Fsp3) is 0.273. The van der Waals surface area contributed by atoms with E-state index in [1.165, 1.54) is 6.26 Å². The number of aryl methyl sites for hydroxylation is 1. The first-order chi connectivity index (χ1) is 7.45. The number of nitrogens with zero attached hydrogens (tertiary/aromatic N) is 1. The number of aromatic nitrogens is 1. The van der Waals surface area contributed by atoms with Crippen molar-refractivity contribution < 1.29 is 8.42 Å². The minimum absolute atomic E-state index is 0.361. The molecule has 0 saturated heterocycles. The van der Waals surface area contributed by atoms with Gasteiger partial charge in [-0.3, -0.25) is 0 Å². The van der Waals surface area contributed by atoms with Crippen molar-refractivity contribution in [2.45, 2.75) is 11.4 Å². The van der Waals surface area contributed by atoms with Crippen molar-refractivity contribution in [3.8, 4) is 0 Å². The van der Waals surface area contributed by atoms with E-state index in [1.54, 1.807) is 12.1 Å². The number of sulfone groups is 1. The molecular weight excluding hydrogens is 224 g/mol. The molecule has 0 radical (unpaired) electrons. The molecule has 5 heteroatoms. The van der Waals surface area contributed by atoms with E-state index in [-0.39, 0.29) is 0 Å². The minimum Gasteiger partial charge on any atom is -0.346 e. The van der Waals surface area contributed by atoms with Crippen molar-refractivity contribution in [1.29, 1.82) is 0 Å². The second-order valence-electron chi connectivity index (χ2n) is 3.86. The summed E-state index contributed by atoms with van der Waals surface area (Å²) in [6.07, 6.45) is 1.22. The van der Waals surface area contributed by atoms with Gasteiger partial charge in [0.2, 0.25) is 0 Å². The zero-order valence-corrected chi connectivity index (χ0v) is 10.1. The molecule has 0 aliphatic carbocycles. The molecule has 2 N–H and O–H groups in total. The summed E-state index contributed by atoms with van der Waals surface area (Å²) >= 11 is 0. The SMILES string of the molecule is Cn1c(CN)cc2c(S(C)(=O)=O)cccc21. The fourth-order valence-corrected chi connectivity index (χ4v) is 2.80. The molecule has 2 rings (SSSR count). The Morgan fingerprint density at radius 1 is 1.38 bits per heavy atom. The molecule has 4 nitrogen and oxygen atoms in total. The standard InChI is InChI=1S/C11H14N2O2S/c1-13-8(7-12)6-9-10(13)4-3-5-11(9)16(2,14)15/h3-6H,7,12H2,1-2H3. The first-order valence-corrected chi connectivity index (χ1v) is 6.81. The van der Waals surface area contributed by atoms with Crippen molar-refractivity contribution >= 4 is 20.7 Å². The zero-order valence-electron chi connectivity index (χ0n) is 9.27. The van der Waals surface area contributed by atoms with Gasteiger partial charge in [0.15, 0.2) is 9.84 Å². The lowest BCUT2D eigenvalue weighted by Gasteiger charge is -2.02. The van der Waals surface area contributed by atoms with Gasteiger partial charge in [-0.25, -0.2) is 8.42 Å². The van der Waals surface area contributed by atoms with Gasteiger partial charge in [0, 0.05) is 36.4 Å². The summed E-state index contributed by atoms with van der Waals surface area (Å²) in [6, 6.07) is 7.10. The molecule has 0 bridgehead atoms. The summed E-state index contributed by atoms with van der Waals surface area (Å²) in [4.78, 5) is 0.361. The zero-order chi connectivity index (χ0) is 11.9. The van der Waals surface area contributed by atoms with Gasteiger partial charge < -0.3 is 10.3 Å². The largest absolute Gasteiger partial charge is 0.346 e. The lowest BCUT2D eigenvalue weighted by atomic mass is 10.2. The van der Waals surface area contributed by atoms with Gasteiger partial charge in [0.1, 0.15) is 0 Å². The van der Waals surface area contributed by atoms with Crippen molar-refractivity contribution in [1.82, 2.24) is 4.57 Å². The average Bonchev–Trinajstić information content (AvgIpc) is 2.54. The maximum Gasteiger partial charge on any atom is 0.176 e. The van der Waals surface area contributed by atoms with Crippen LogP contribution in [0.4, 0.5) is 0 Å². The van der Waals surface area contributed by atoms with E-state index in [0.717, 1.165) is 16.6 Å². The lowest BCUT2D eigenvalue weighted by molar-refractivity contribution is 0.602. The number of hydrogen-bond acceptors (Lipinski definition) is 3. The van der Waals surface area contributed by atoms with Gasteiger partial charge >= 0.3 is 0 Å². The van der Waals surface area contributed by atoms with E-state index in [4.69, 9.17) is 5.73 Å². The van der Waals surface area contributed by atoms with Crippen molar-refractivity contribution in [2.75, 3.05) is 6.26 Å². The molecule has 0 aliphatic heterocycles. The van der Waals surface area contributed by atoms with Crippen LogP contribution in [0.25, 0.3) is 10.9 Å². The molecule has 0 atom stereocenters. The van der Waals surface area contributed by atoms with E-state index in [1.807, 2.05) is 23.7 Å². The number of fused-ring (bicyclic) bond motifs is 1. The van der Waals surface area contributed by atoms with Gasteiger partial charge in [0.25, 0.3) is 0 Å². The average molecular weight is 238 g/mol. The van der Waals surface area contributed by atoms with Crippen LogP contribution in [0, 0.1) is 0 Å². The Bertz CT molecular complexity index is 641. The summed E-state index contributed by atoms with van der Waals surface area (Å²) in [6.45, 7) is 0.397. The van der Waals surface area contributed by atoms with E-state index < -0.39 is 9.84 Å². The summed E-state index contributed by atoms with van der Waals surface area (Å²) in [5, 5.41) is 0.743. The summed E-state index contributed by atoms with van der Waals surface area (Å²) in [7, 11) is -1.31. The second kappa shape index (κ2) is 3.61. The number of nitrogens with two attached hydrogens (primary N) is 1. The molecule has 0 amide bonds. The predicted octanol–water partition coefficient (Wildman–Crippen LogP) is 1.04. The summed E-state index contributed by atoms with van der Waals surface area (Å²) in [5.41, 5.74) is 7.42. The molecule has 1 aromatic carbocycles. The van der Waals surface area contributed by atoms with Crippen LogP contribution in [-0.4, -0.2) is 19.2 Å². The Kier molecular flexibility index (Phi) is 2.52. The van der Waals surface area contributed by atoms with E-state index in [2.05, 4.69) is 0 Å². The molecule has 0 spiro atoms. The second-order valence-corrected chi connectivity index (χ2v) is 5.84. The topological polar surface area (TPSA) is 65.1 Å². The van der Waals surface area contributed by atoms with E-state index in [0.29, 0.717) is 11.4 Å². The lowest BCUT2D eigenvalue weighted by Crippen LogP contribution is -2.02. The van der Waals surface area contributed by atoms with Gasteiger partial charge in [-0.2, -0.15) is 0 Å². The Morgan fingerprint density at radius 3 is 2.62 bits per heavy atom. The summed E-state index contributed by atoms with van der Waals surface area (Å²) < 4.78 is 25.2. The van der Waals surface area contributed by atoms with Gasteiger partial charge in [-0.05, 0) is 18.2 Å². The molecule has 0 aliphatic rings. The fourth-order valence-electron chi connectivity index (χ4n) is 1.91. The first-order valence-electron chi connectivity index (χ1n) is 4.92. The predicted molar refractivity (Wildman–Crippen MR) is 63.9 cm³/mol. The van der Waals surface area contributed by atoms with Gasteiger partial charge in [-0.1, -0.05) is 6.07 Å². The molecule has 0 unspecified atom stereocenters. The summed E-state index contributed by atoms with van der Waals surface area (Å²) in [5.74, 6) is 0. The highest BCUT2D eigenvalue weighted by molar-refractivity contribution is 7.91. The van der Waals surface area contributed by atoms with Crippen LogP contribution in [0.15, 0.2) is 29.2 Å². The van der Waals surface area contributed by atoms with Crippen LogP contribution in [0.5, 0.6) is 0 Å². The van der Waals surface area contributed by atoms with Crippen molar-refractivity contribution in [3.63, 3.8) is 0 Å². The third-order valence-electron chi connectivity index (χ3n) is 2.75. The highest BCUT2D eigenvalue weighted by Gasteiger charge is 2.14.